The van der Waals surface area contributed by atoms with Crippen molar-refractivity contribution < 1.29 is 9.53 Å². The van der Waals surface area contributed by atoms with Crippen molar-refractivity contribution in [3.63, 3.8) is 0 Å². The average molecular weight is 324 g/mol. The molecule has 2 aromatic heterocycles. The first-order valence-corrected chi connectivity index (χ1v) is 8.13. The molecule has 0 radical (unpaired) electrons. The fourth-order valence-electron chi connectivity index (χ4n) is 2.30. The summed E-state index contributed by atoms with van der Waals surface area (Å²) in [7, 11) is 0. The zero-order valence-electron chi connectivity index (χ0n) is 12.9. The molecule has 0 fully saturated rings. The van der Waals surface area contributed by atoms with Gasteiger partial charge in [0.15, 0.2) is 0 Å². The lowest BCUT2D eigenvalue weighted by atomic mass is 10.1. The smallest absolute Gasteiger partial charge is 0.317 e. The van der Waals surface area contributed by atoms with Gasteiger partial charge < -0.3 is 4.74 Å². The van der Waals surface area contributed by atoms with E-state index in [0.717, 1.165) is 21.8 Å². The molecular formula is C18H16N2O2S. The quantitative estimate of drug-likeness (QED) is 0.538. The van der Waals surface area contributed by atoms with Gasteiger partial charge in [-0.1, -0.05) is 12.1 Å². The van der Waals surface area contributed by atoms with E-state index in [1.54, 1.807) is 6.20 Å². The molecule has 0 unspecified atom stereocenters. The van der Waals surface area contributed by atoms with Gasteiger partial charge in [0.1, 0.15) is 10.8 Å². The summed E-state index contributed by atoms with van der Waals surface area (Å²) in [6, 6.07) is 11.4. The lowest BCUT2D eigenvalue weighted by Gasteiger charge is -2.05. The Bertz CT molecular complexity index is 808. The van der Waals surface area contributed by atoms with Crippen molar-refractivity contribution in [3.05, 3.63) is 64.8 Å². The maximum atomic E-state index is 12.1. The molecule has 0 saturated heterocycles. The van der Waals surface area contributed by atoms with Gasteiger partial charge in [-0.15, -0.1) is 11.3 Å². The van der Waals surface area contributed by atoms with Gasteiger partial charge in [0.2, 0.25) is 0 Å². The first kappa shape index (κ1) is 15.4. The SMILES string of the molecule is Cc1cc(C)cc(OC(=O)Cc2csc(-c3ccccn3)n2)c1. The van der Waals surface area contributed by atoms with Gasteiger partial charge in [0.25, 0.3) is 0 Å². The van der Waals surface area contributed by atoms with Gasteiger partial charge in [-0.2, -0.15) is 0 Å². The number of rotatable bonds is 4. The second-order valence-corrected chi connectivity index (χ2v) is 6.19. The summed E-state index contributed by atoms with van der Waals surface area (Å²) >= 11 is 1.47. The Morgan fingerprint density at radius 3 is 2.65 bits per heavy atom. The Hall–Kier alpha value is -2.53. The van der Waals surface area contributed by atoms with Crippen LogP contribution in [0, 0.1) is 13.8 Å². The molecule has 0 saturated carbocycles. The third-order valence-corrected chi connectivity index (χ3v) is 4.10. The van der Waals surface area contributed by atoms with Crippen molar-refractivity contribution in [3.8, 4) is 16.5 Å². The van der Waals surface area contributed by atoms with E-state index in [1.807, 2.05) is 55.6 Å². The molecule has 3 aromatic rings. The first-order valence-electron chi connectivity index (χ1n) is 7.25. The number of carbonyl (C=O) groups is 1. The molecular weight excluding hydrogens is 308 g/mol. The highest BCUT2D eigenvalue weighted by atomic mass is 32.1. The topological polar surface area (TPSA) is 52.1 Å². The molecule has 0 aliphatic rings. The van der Waals surface area contributed by atoms with Crippen LogP contribution in [-0.2, 0) is 11.2 Å². The summed E-state index contributed by atoms with van der Waals surface area (Å²) in [5.74, 6) is 0.264. The van der Waals surface area contributed by atoms with Crippen molar-refractivity contribution in [2.45, 2.75) is 20.3 Å². The number of carbonyl (C=O) groups excluding carboxylic acids is 1. The van der Waals surface area contributed by atoms with E-state index in [-0.39, 0.29) is 12.4 Å². The van der Waals surface area contributed by atoms with Crippen LogP contribution in [-0.4, -0.2) is 15.9 Å². The van der Waals surface area contributed by atoms with Gasteiger partial charge in [0, 0.05) is 11.6 Å². The van der Waals surface area contributed by atoms with Crippen LogP contribution >= 0.6 is 11.3 Å². The lowest BCUT2D eigenvalue weighted by Crippen LogP contribution is -2.11. The van der Waals surface area contributed by atoms with Crippen LogP contribution in [0.4, 0.5) is 0 Å². The van der Waals surface area contributed by atoms with Crippen molar-refractivity contribution in [2.75, 3.05) is 0 Å². The average Bonchev–Trinajstić information content (AvgIpc) is 2.95. The third-order valence-electron chi connectivity index (χ3n) is 3.19. The number of aromatic nitrogens is 2. The van der Waals surface area contributed by atoms with E-state index in [2.05, 4.69) is 9.97 Å². The number of benzene rings is 1. The van der Waals surface area contributed by atoms with Gasteiger partial charge in [-0.3, -0.25) is 9.78 Å². The minimum absolute atomic E-state index is 0.149. The Labute approximate surface area is 138 Å². The zero-order chi connectivity index (χ0) is 16.2. The van der Waals surface area contributed by atoms with Crippen LogP contribution in [0.3, 0.4) is 0 Å². The molecule has 2 heterocycles. The van der Waals surface area contributed by atoms with E-state index < -0.39 is 0 Å². The van der Waals surface area contributed by atoms with Gasteiger partial charge in [-0.05, 0) is 49.2 Å². The van der Waals surface area contributed by atoms with E-state index in [1.165, 1.54) is 11.3 Å². The summed E-state index contributed by atoms with van der Waals surface area (Å²) in [4.78, 5) is 20.8. The van der Waals surface area contributed by atoms with Gasteiger partial charge in [-0.25, -0.2) is 4.98 Å². The minimum atomic E-state index is -0.312. The predicted octanol–water partition coefficient (Wildman–Crippen LogP) is 3.97. The molecule has 0 aliphatic heterocycles. The second kappa shape index (κ2) is 6.71. The Kier molecular flexibility index (Phi) is 4.48. The van der Waals surface area contributed by atoms with Gasteiger partial charge in [0.05, 0.1) is 17.8 Å². The number of ether oxygens (including phenoxy) is 1. The number of aryl methyl sites for hydroxylation is 2. The summed E-state index contributed by atoms with van der Waals surface area (Å²) in [5, 5.41) is 2.67. The van der Waals surface area contributed by atoms with E-state index in [0.29, 0.717) is 11.4 Å². The number of hydrogen-bond donors (Lipinski definition) is 0. The van der Waals surface area contributed by atoms with Crippen molar-refractivity contribution in [2.24, 2.45) is 0 Å². The molecule has 0 spiro atoms. The highest BCUT2D eigenvalue weighted by molar-refractivity contribution is 7.13. The van der Waals surface area contributed by atoms with Crippen molar-refractivity contribution in [1.82, 2.24) is 9.97 Å². The molecule has 5 heteroatoms. The number of nitrogens with zero attached hydrogens (tertiary/aromatic N) is 2. The monoisotopic (exact) mass is 324 g/mol. The van der Waals surface area contributed by atoms with E-state index in [4.69, 9.17) is 4.74 Å². The fraction of sp³-hybridized carbons (Fsp3) is 0.167. The Morgan fingerprint density at radius 2 is 1.96 bits per heavy atom. The van der Waals surface area contributed by atoms with Crippen LogP contribution < -0.4 is 4.74 Å². The first-order chi connectivity index (χ1) is 11.1. The van der Waals surface area contributed by atoms with Crippen LogP contribution in [0.25, 0.3) is 10.7 Å². The molecule has 0 amide bonds. The predicted molar refractivity (Wildman–Crippen MR) is 90.6 cm³/mol. The lowest BCUT2D eigenvalue weighted by molar-refractivity contribution is -0.133. The highest BCUT2D eigenvalue weighted by Gasteiger charge is 2.11. The summed E-state index contributed by atoms with van der Waals surface area (Å²) in [5.41, 5.74) is 3.65. The zero-order valence-corrected chi connectivity index (χ0v) is 13.8. The van der Waals surface area contributed by atoms with Crippen LogP contribution in [0.1, 0.15) is 16.8 Å². The summed E-state index contributed by atoms with van der Waals surface area (Å²) in [6.07, 6.45) is 1.88. The van der Waals surface area contributed by atoms with Crippen LogP contribution in [0.2, 0.25) is 0 Å². The largest absolute Gasteiger partial charge is 0.426 e. The minimum Gasteiger partial charge on any atom is -0.426 e. The standard InChI is InChI=1S/C18H16N2O2S/c1-12-7-13(2)9-15(8-12)22-17(21)10-14-11-23-18(20-14)16-5-3-4-6-19-16/h3-9,11H,10H2,1-2H3. The van der Waals surface area contributed by atoms with Crippen LogP contribution in [0.5, 0.6) is 5.75 Å². The van der Waals surface area contributed by atoms with Crippen molar-refractivity contribution >= 4 is 17.3 Å². The Morgan fingerprint density at radius 1 is 1.17 bits per heavy atom. The molecule has 0 aliphatic carbocycles. The second-order valence-electron chi connectivity index (χ2n) is 5.33. The number of pyridine rings is 1. The molecule has 0 bridgehead atoms. The summed E-state index contributed by atoms with van der Waals surface area (Å²) < 4.78 is 5.41. The van der Waals surface area contributed by atoms with Crippen molar-refractivity contribution in [1.29, 1.82) is 0 Å². The Balaban J connectivity index is 1.68. The number of hydrogen-bond acceptors (Lipinski definition) is 5. The molecule has 1 aromatic carbocycles. The number of esters is 1. The number of thiazole rings is 1. The summed E-state index contributed by atoms with van der Waals surface area (Å²) in [6.45, 7) is 3.95. The fourth-order valence-corrected chi connectivity index (χ4v) is 3.10. The normalized spacial score (nSPS) is 10.5. The molecule has 4 nitrogen and oxygen atoms in total. The van der Waals surface area contributed by atoms with E-state index in [9.17, 15) is 4.79 Å². The molecule has 3 rings (SSSR count). The molecule has 23 heavy (non-hydrogen) atoms. The maximum absolute atomic E-state index is 12.1. The third kappa shape index (κ3) is 4.02. The molecule has 0 N–H and O–H groups in total. The maximum Gasteiger partial charge on any atom is 0.317 e. The van der Waals surface area contributed by atoms with Crippen LogP contribution in [0.15, 0.2) is 48.0 Å². The molecule has 116 valence electrons. The highest BCUT2D eigenvalue weighted by Crippen LogP contribution is 2.22. The van der Waals surface area contributed by atoms with E-state index >= 15 is 0 Å². The van der Waals surface area contributed by atoms with Gasteiger partial charge >= 0.3 is 5.97 Å². The molecule has 0 atom stereocenters.